The molecular weight excluding hydrogens is 480 g/mol. The molecule has 0 unspecified atom stereocenters. The summed E-state index contributed by atoms with van der Waals surface area (Å²) in [6.45, 7) is 1.04. The van der Waals surface area contributed by atoms with Crippen LogP contribution in [0.15, 0.2) is 66.6 Å². The Bertz CT molecular complexity index is 1550. The third-order valence-corrected chi connectivity index (χ3v) is 6.90. The van der Waals surface area contributed by atoms with Crippen LogP contribution in [0.3, 0.4) is 0 Å². The molecule has 0 spiro atoms. The second-order valence-corrected chi connectivity index (χ2v) is 9.63. The number of nitrogens with zero attached hydrogens (tertiary/aromatic N) is 7. The normalized spacial score (nSPS) is 17.8. The number of nitrogen functional groups attached to an aromatic ring is 1. The van der Waals surface area contributed by atoms with Gasteiger partial charge in [0, 0.05) is 30.9 Å². The third kappa shape index (κ3) is 4.66. The average molecular weight is 507 g/mol. The van der Waals surface area contributed by atoms with Crippen LogP contribution in [0.4, 0.5) is 5.82 Å². The van der Waals surface area contributed by atoms with E-state index in [1.54, 1.807) is 17.2 Å². The lowest BCUT2D eigenvalue weighted by Crippen LogP contribution is -2.41. The Balaban J connectivity index is 1.30. The van der Waals surface area contributed by atoms with E-state index in [-0.39, 0.29) is 17.5 Å². The number of aromatic nitrogens is 5. The molecule has 2 N–H and O–H groups in total. The summed E-state index contributed by atoms with van der Waals surface area (Å²) in [5.41, 5.74) is 8.50. The highest BCUT2D eigenvalue weighted by molar-refractivity contribution is 5.98. The number of piperidine rings is 1. The summed E-state index contributed by atoms with van der Waals surface area (Å²) in [5, 5.41) is 15.1. The molecule has 1 atom stereocenters. The van der Waals surface area contributed by atoms with Gasteiger partial charge in [-0.05, 0) is 49.8 Å². The molecule has 2 aliphatic rings. The number of allylic oxidation sites excluding steroid dienone is 1. The SMILES string of the molecule is N#CC(=CC1CC1)C(=O)N1CCC[C@@H](n2nc(-c3ccc(Oc4ccccc4)nc3)c3c(N)ncnc32)C1. The van der Waals surface area contributed by atoms with Gasteiger partial charge in [-0.15, -0.1) is 0 Å². The summed E-state index contributed by atoms with van der Waals surface area (Å²) in [4.78, 5) is 28.0. The fourth-order valence-corrected chi connectivity index (χ4v) is 4.81. The topological polar surface area (TPSA) is 136 Å². The molecule has 1 saturated carbocycles. The van der Waals surface area contributed by atoms with E-state index < -0.39 is 0 Å². The van der Waals surface area contributed by atoms with Crippen LogP contribution in [-0.2, 0) is 4.79 Å². The van der Waals surface area contributed by atoms with Gasteiger partial charge in [0.2, 0.25) is 5.88 Å². The molecule has 10 nitrogen and oxygen atoms in total. The highest BCUT2D eigenvalue weighted by Crippen LogP contribution is 2.35. The lowest BCUT2D eigenvalue weighted by atomic mass is 10.0. The number of benzene rings is 1. The van der Waals surface area contributed by atoms with Crippen LogP contribution in [0.5, 0.6) is 11.6 Å². The molecule has 4 heterocycles. The number of anilines is 1. The minimum atomic E-state index is -0.215. The molecule has 190 valence electrons. The van der Waals surface area contributed by atoms with Crippen molar-refractivity contribution < 1.29 is 9.53 Å². The fourth-order valence-electron chi connectivity index (χ4n) is 4.81. The average Bonchev–Trinajstić information content (AvgIpc) is 3.69. The molecule has 2 fully saturated rings. The Morgan fingerprint density at radius 2 is 1.95 bits per heavy atom. The lowest BCUT2D eigenvalue weighted by molar-refractivity contribution is -0.128. The molecule has 1 saturated heterocycles. The van der Waals surface area contributed by atoms with E-state index >= 15 is 0 Å². The first kappa shape index (κ1) is 23.6. The molecule has 10 heteroatoms. The number of hydrogen-bond donors (Lipinski definition) is 1. The van der Waals surface area contributed by atoms with Gasteiger partial charge >= 0.3 is 0 Å². The number of nitriles is 1. The van der Waals surface area contributed by atoms with Gasteiger partial charge in [-0.25, -0.2) is 19.6 Å². The Labute approximate surface area is 219 Å². The van der Waals surface area contributed by atoms with E-state index in [1.165, 1.54) is 6.33 Å². The number of carbonyl (C=O) groups is 1. The van der Waals surface area contributed by atoms with E-state index in [0.717, 1.165) is 31.2 Å². The molecule has 0 bridgehead atoms. The molecule has 1 amide bonds. The number of para-hydroxylation sites is 1. The van der Waals surface area contributed by atoms with E-state index in [2.05, 4.69) is 21.0 Å². The molecule has 1 aromatic carbocycles. The summed E-state index contributed by atoms with van der Waals surface area (Å²) < 4.78 is 7.66. The van der Waals surface area contributed by atoms with Crippen LogP contribution in [-0.4, -0.2) is 48.6 Å². The maximum atomic E-state index is 13.1. The third-order valence-electron chi connectivity index (χ3n) is 6.90. The number of fused-ring (bicyclic) bond motifs is 1. The monoisotopic (exact) mass is 506 g/mol. The van der Waals surface area contributed by atoms with Gasteiger partial charge in [0.05, 0.1) is 11.4 Å². The summed E-state index contributed by atoms with van der Waals surface area (Å²) in [6, 6.07) is 15.1. The van der Waals surface area contributed by atoms with Crippen molar-refractivity contribution >= 4 is 22.8 Å². The van der Waals surface area contributed by atoms with Crippen LogP contribution in [0.2, 0.25) is 0 Å². The van der Waals surface area contributed by atoms with Crippen molar-refractivity contribution in [3.05, 3.63) is 66.6 Å². The smallest absolute Gasteiger partial charge is 0.264 e. The van der Waals surface area contributed by atoms with Crippen molar-refractivity contribution in [2.75, 3.05) is 18.8 Å². The maximum Gasteiger partial charge on any atom is 0.264 e. The van der Waals surface area contributed by atoms with Gasteiger partial charge in [-0.2, -0.15) is 10.4 Å². The van der Waals surface area contributed by atoms with Gasteiger partial charge in [0.1, 0.15) is 35.2 Å². The second-order valence-electron chi connectivity index (χ2n) is 9.63. The van der Waals surface area contributed by atoms with Gasteiger partial charge in [0.25, 0.3) is 5.91 Å². The molecule has 4 aromatic rings. The second kappa shape index (κ2) is 9.94. The molecule has 6 rings (SSSR count). The van der Waals surface area contributed by atoms with Gasteiger partial charge in [-0.3, -0.25) is 4.79 Å². The maximum absolute atomic E-state index is 13.1. The fraction of sp³-hybridized carbons (Fsp3) is 0.286. The molecule has 1 aliphatic heterocycles. The molecular formula is C28H26N8O2. The van der Waals surface area contributed by atoms with Crippen molar-refractivity contribution in [2.45, 2.75) is 31.7 Å². The number of carbonyl (C=O) groups excluding carboxylic acids is 1. The van der Waals surface area contributed by atoms with E-state index in [4.69, 9.17) is 15.6 Å². The quantitative estimate of drug-likeness (QED) is 0.302. The summed E-state index contributed by atoms with van der Waals surface area (Å²) in [6.07, 6.45) is 8.63. The van der Waals surface area contributed by atoms with Crippen LogP contribution < -0.4 is 10.5 Å². The van der Waals surface area contributed by atoms with Crippen LogP contribution in [0, 0.1) is 17.2 Å². The Kier molecular flexibility index (Phi) is 6.17. The standard InChI is InChI=1S/C28H26N8O2/c29-14-20(13-18-8-9-18)28(37)35-12-4-5-21(16-35)36-27-24(26(30)32-17-33-27)25(34-36)19-10-11-23(31-15-19)38-22-6-2-1-3-7-22/h1-3,6-7,10-11,13,15,17-18,21H,4-5,8-9,12,16H2,(H2,30,32,33)/t21-/m1/s1. The van der Waals surface area contributed by atoms with E-state index in [1.807, 2.05) is 47.2 Å². The van der Waals surface area contributed by atoms with E-state index in [9.17, 15) is 10.1 Å². The van der Waals surface area contributed by atoms with Gasteiger partial charge in [0.15, 0.2) is 5.65 Å². The predicted molar refractivity (Wildman–Crippen MR) is 141 cm³/mol. The highest BCUT2D eigenvalue weighted by atomic mass is 16.5. The number of pyridine rings is 1. The summed E-state index contributed by atoms with van der Waals surface area (Å²) >= 11 is 0. The first-order chi connectivity index (χ1) is 18.6. The number of rotatable bonds is 6. The van der Waals surface area contributed by atoms with Gasteiger partial charge in [-0.1, -0.05) is 24.3 Å². The van der Waals surface area contributed by atoms with Crippen molar-refractivity contribution in [1.29, 1.82) is 5.26 Å². The van der Waals surface area contributed by atoms with Crippen molar-refractivity contribution in [2.24, 2.45) is 5.92 Å². The van der Waals surface area contributed by atoms with Gasteiger partial charge < -0.3 is 15.4 Å². The lowest BCUT2D eigenvalue weighted by Gasteiger charge is -2.32. The van der Waals surface area contributed by atoms with Crippen LogP contribution in [0.1, 0.15) is 31.7 Å². The Morgan fingerprint density at radius 3 is 2.68 bits per heavy atom. The van der Waals surface area contributed by atoms with Crippen LogP contribution in [0.25, 0.3) is 22.3 Å². The van der Waals surface area contributed by atoms with Crippen LogP contribution >= 0.6 is 0 Å². The predicted octanol–water partition coefficient (Wildman–Crippen LogP) is 4.29. The first-order valence-corrected chi connectivity index (χ1v) is 12.7. The van der Waals surface area contributed by atoms with Crippen molar-refractivity contribution in [3.8, 4) is 29.0 Å². The number of amides is 1. The number of hydrogen-bond acceptors (Lipinski definition) is 8. The molecule has 1 aliphatic carbocycles. The van der Waals surface area contributed by atoms with Crippen molar-refractivity contribution in [1.82, 2.24) is 29.6 Å². The zero-order valence-corrected chi connectivity index (χ0v) is 20.7. The minimum absolute atomic E-state index is 0.118. The Morgan fingerprint density at radius 1 is 1.11 bits per heavy atom. The van der Waals surface area contributed by atoms with Crippen molar-refractivity contribution in [3.63, 3.8) is 0 Å². The highest BCUT2D eigenvalue weighted by Gasteiger charge is 2.31. The zero-order valence-electron chi connectivity index (χ0n) is 20.7. The zero-order chi connectivity index (χ0) is 26.1. The largest absolute Gasteiger partial charge is 0.439 e. The molecule has 3 aromatic heterocycles. The Hall–Kier alpha value is -4.78. The minimum Gasteiger partial charge on any atom is -0.439 e. The number of nitrogens with two attached hydrogens (primary N) is 1. The number of likely N-dealkylation sites (tertiary alicyclic amines) is 1. The van der Waals surface area contributed by atoms with E-state index in [0.29, 0.717) is 53.2 Å². The summed E-state index contributed by atoms with van der Waals surface area (Å²) in [5.74, 6) is 1.62. The molecule has 0 radical (unpaired) electrons. The number of ether oxygens (including phenoxy) is 1. The molecule has 38 heavy (non-hydrogen) atoms. The summed E-state index contributed by atoms with van der Waals surface area (Å²) in [7, 11) is 0. The first-order valence-electron chi connectivity index (χ1n) is 12.7.